The summed E-state index contributed by atoms with van der Waals surface area (Å²) in [5, 5.41) is 9.20. The smallest absolute Gasteiger partial charge is 0.267 e. The molecule has 5 heteroatoms. The molecule has 4 nitrogen and oxygen atoms in total. The minimum Gasteiger partial charge on any atom is -0.508 e. The number of carbonyl (C=O) groups excluding carboxylic acids is 1. The fraction of sp³-hybridized carbons (Fsp3) is 0.188. The van der Waals surface area contributed by atoms with Crippen LogP contribution in [0.2, 0.25) is 0 Å². The Balaban J connectivity index is 2.08. The van der Waals surface area contributed by atoms with Gasteiger partial charge in [0.05, 0.1) is 5.69 Å². The number of hydrogen-bond donors (Lipinski definition) is 1. The number of anilines is 1. The predicted octanol–water partition coefficient (Wildman–Crippen LogP) is 2.96. The van der Waals surface area contributed by atoms with Gasteiger partial charge in [0.1, 0.15) is 17.3 Å². The third-order valence-electron chi connectivity index (χ3n) is 3.04. The Bertz CT molecular complexity index is 628. The molecule has 0 bridgehead atoms. The number of amides is 1. The van der Waals surface area contributed by atoms with Gasteiger partial charge in [-0.05, 0) is 43.3 Å². The first kappa shape index (κ1) is 14.8. The summed E-state index contributed by atoms with van der Waals surface area (Å²) in [5.74, 6) is -0.265. The Hall–Kier alpha value is -2.56. The first-order chi connectivity index (χ1) is 9.99. The Morgan fingerprint density at radius 1 is 1.19 bits per heavy atom. The van der Waals surface area contributed by atoms with Gasteiger partial charge in [-0.25, -0.2) is 4.39 Å². The number of nitrogens with zero attached hydrogens (tertiary/aromatic N) is 1. The molecule has 1 atom stereocenters. The third-order valence-corrected chi connectivity index (χ3v) is 3.04. The second kappa shape index (κ2) is 6.26. The standard InChI is InChI=1S/C16H16FNO3/c1-11(21-13-9-7-12(19)8-10-13)16(20)18(2)15-6-4-3-5-14(15)17/h3-11,19H,1-2H3/t11-/m1/s1. The molecule has 2 aromatic carbocycles. The highest BCUT2D eigenvalue weighted by Crippen LogP contribution is 2.20. The van der Waals surface area contributed by atoms with Crippen LogP contribution in [0.15, 0.2) is 48.5 Å². The van der Waals surface area contributed by atoms with Crippen molar-refractivity contribution in [1.82, 2.24) is 0 Å². The van der Waals surface area contributed by atoms with E-state index in [1.54, 1.807) is 31.2 Å². The van der Waals surface area contributed by atoms with E-state index in [0.29, 0.717) is 5.75 Å². The number of rotatable bonds is 4. The van der Waals surface area contributed by atoms with Crippen LogP contribution in [-0.2, 0) is 4.79 Å². The summed E-state index contributed by atoms with van der Waals surface area (Å²) in [4.78, 5) is 13.5. The second-order valence-corrected chi connectivity index (χ2v) is 4.60. The monoisotopic (exact) mass is 289 g/mol. The molecular weight excluding hydrogens is 273 g/mol. The van der Waals surface area contributed by atoms with E-state index in [2.05, 4.69) is 0 Å². The average Bonchev–Trinajstić information content (AvgIpc) is 2.48. The molecule has 0 heterocycles. The van der Waals surface area contributed by atoms with Gasteiger partial charge in [-0.1, -0.05) is 12.1 Å². The molecule has 0 unspecified atom stereocenters. The van der Waals surface area contributed by atoms with Crippen LogP contribution in [0.5, 0.6) is 11.5 Å². The van der Waals surface area contributed by atoms with Crippen LogP contribution in [0.4, 0.5) is 10.1 Å². The summed E-state index contributed by atoms with van der Waals surface area (Å²) in [6.07, 6.45) is -0.779. The summed E-state index contributed by atoms with van der Waals surface area (Å²) in [5.41, 5.74) is 0.198. The molecule has 0 saturated carbocycles. The van der Waals surface area contributed by atoms with Gasteiger partial charge in [0.15, 0.2) is 6.10 Å². The molecule has 0 aliphatic rings. The van der Waals surface area contributed by atoms with Gasteiger partial charge in [-0.15, -0.1) is 0 Å². The van der Waals surface area contributed by atoms with Crippen LogP contribution >= 0.6 is 0 Å². The fourth-order valence-electron chi connectivity index (χ4n) is 1.89. The zero-order valence-corrected chi connectivity index (χ0v) is 11.8. The van der Waals surface area contributed by atoms with Gasteiger partial charge in [0, 0.05) is 7.05 Å². The van der Waals surface area contributed by atoms with Gasteiger partial charge in [-0.3, -0.25) is 4.79 Å². The van der Waals surface area contributed by atoms with Crippen molar-refractivity contribution in [3.8, 4) is 11.5 Å². The van der Waals surface area contributed by atoms with Crippen molar-refractivity contribution >= 4 is 11.6 Å². The first-order valence-electron chi connectivity index (χ1n) is 6.47. The molecule has 0 aliphatic carbocycles. The largest absolute Gasteiger partial charge is 0.508 e. The van der Waals surface area contributed by atoms with E-state index in [1.165, 1.54) is 36.2 Å². The van der Waals surface area contributed by atoms with Crippen molar-refractivity contribution in [2.75, 3.05) is 11.9 Å². The number of aromatic hydroxyl groups is 1. The maximum atomic E-state index is 13.7. The minimum atomic E-state index is -0.779. The van der Waals surface area contributed by atoms with E-state index in [1.807, 2.05) is 0 Å². The highest BCUT2D eigenvalue weighted by atomic mass is 19.1. The highest BCUT2D eigenvalue weighted by Gasteiger charge is 2.22. The molecule has 0 aromatic heterocycles. The molecule has 0 spiro atoms. The molecule has 0 aliphatic heterocycles. The van der Waals surface area contributed by atoms with Gasteiger partial charge in [-0.2, -0.15) is 0 Å². The number of phenolic OH excluding ortho intramolecular Hbond substituents is 1. The van der Waals surface area contributed by atoms with Crippen molar-refractivity contribution in [2.45, 2.75) is 13.0 Å². The Morgan fingerprint density at radius 3 is 2.43 bits per heavy atom. The summed E-state index contributed by atoms with van der Waals surface area (Å²) < 4.78 is 19.2. The molecule has 1 N–H and O–H groups in total. The van der Waals surface area contributed by atoms with Crippen LogP contribution in [0, 0.1) is 5.82 Å². The van der Waals surface area contributed by atoms with Crippen LogP contribution in [0.1, 0.15) is 6.92 Å². The lowest BCUT2D eigenvalue weighted by Gasteiger charge is -2.22. The maximum absolute atomic E-state index is 13.7. The third kappa shape index (κ3) is 3.51. The topological polar surface area (TPSA) is 49.8 Å². The number of benzene rings is 2. The van der Waals surface area contributed by atoms with Crippen LogP contribution in [-0.4, -0.2) is 24.2 Å². The van der Waals surface area contributed by atoms with Gasteiger partial charge >= 0.3 is 0 Å². The molecular formula is C16H16FNO3. The Morgan fingerprint density at radius 2 is 1.81 bits per heavy atom. The number of phenols is 1. The molecule has 1 amide bonds. The van der Waals surface area contributed by atoms with E-state index < -0.39 is 11.9 Å². The van der Waals surface area contributed by atoms with E-state index in [4.69, 9.17) is 4.74 Å². The minimum absolute atomic E-state index is 0.116. The van der Waals surface area contributed by atoms with Crippen molar-refractivity contribution in [3.05, 3.63) is 54.3 Å². The lowest BCUT2D eigenvalue weighted by Crippen LogP contribution is -2.38. The van der Waals surface area contributed by atoms with Crippen LogP contribution in [0.25, 0.3) is 0 Å². The summed E-state index contributed by atoms with van der Waals surface area (Å²) in [7, 11) is 1.50. The lowest BCUT2D eigenvalue weighted by atomic mass is 10.2. The van der Waals surface area contributed by atoms with E-state index in [0.717, 1.165) is 0 Å². The van der Waals surface area contributed by atoms with Gasteiger partial charge < -0.3 is 14.7 Å². The highest BCUT2D eigenvalue weighted by molar-refractivity contribution is 5.96. The quantitative estimate of drug-likeness (QED) is 0.941. The Labute approximate surface area is 122 Å². The van der Waals surface area contributed by atoms with Crippen molar-refractivity contribution in [1.29, 1.82) is 0 Å². The van der Waals surface area contributed by atoms with Crippen molar-refractivity contribution in [3.63, 3.8) is 0 Å². The zero-order chi connectivity index (χ0) is 15.4. The van der Waals surface area contributed by atoms with Gasteiger partial charge in [0.2, 0.25) is 0 Å². The first-order valence-corrected chi connectivity index (χ1v) is 6.47. The second-order valence-electron chi connectivity index (χ2n) is 4.60. The molecule has 21 heavy (non-hydrogen) atoms. The van der Waals surface area contributed by atoms with Crippen molar-refractivity contribution in [2.24, 2.45) is 0 Å². The van der Waals surface area contributed by atoms with Gasteiger partial charge in [0.25, 0.3) is 5.91 Å². The molecule has 0 radical (unpaired) electrons. The zero-order valence-electron chi connectivity index (χ0n) is 11.8. The van der Waals surface area contributed by atoms with E-state index in [-0.39, 0.29) is 17.3 Å². The lowest BCUT2D eigenvalue weighted by molar-refractivity contribution is -0.124. The maximum Gasteiger partial charge on any atom is 0.267 e. The van der Waals surface area contributed by atoms with E-state index >= 15 is 0 Å². The van der Waals surface area contributed by atoms with Crippen LogP contribution in [0.3, 0.4) is 0 Å². The molecule has 0 saturated heterocycles. The number of likely N-dealkylation sites (N-methyl/N-ethyl adjacent to an activating group) is 1. The Kier molecular flexibility index (Phi) is 4.42. The van der Waals surface area contributed by atoms with Crippen LogP contribution < -0.4 is 9.64 Å². The summed E-state index contributed by atoms with van der Waals surface area (Å²) in [6, 6.07) is 12.1. The molecule has 2 rings (SSSR count). The number of para-hydroxylation sites is 1. The number of halogens is 1. The molecule has 2 aromatic rings. The summed E-state index contributed by atoms with van der Waals surface area (Å²) >= 11 is 0. The SMILES string of the molecule is C[C@@H](Oc1ccc(O)cc1)C(=O)N(C)c1ccccc1F. The molecule has 0 fully saturated rings. The molecule has 110 valence electrons. The predicted molar refractivity (Wildman–Crippen MR) is 78.0 cm³/mol. The fourth-order valence-corrected chi connectivity index (χ4v) is 1.89. The summed E-state index contributed by atoms with van der Waals surface area (Å²) in [6.45, 7) is 1.59. The van der Waals surface area contributed by atoms with Crippen molar-refractivity contribution < 1.29 is 19.0 Å². The number of ether oxygens (including phenoxy) is 1. The normalized spacial score (nSPS) is 11.8. The average molecular weight is 289 g/mol. The number of hydrogen-bond acceptors (Lipinski definition) is 3. The number of carbonyl (C=O) groups is 1. The van der Waals surface area contributed by atoms with E-state index in [9.17, 15) is 14.3 Å².